The Kier molecular flexibility index (Phi) is 30.9. The number of rotatable bonds is 36. The first-order valence-corrected chi connectivity index (χ1v) is 31.3. The number of unbranched alkanes of at least 4 members (excludes halogenated alkanes) is 12. The van der Waals surface area contributed by atoms with Crippen LogP contribution in [0.2, 0.25) is 8.87 Å². The topological polar surface area (TPSA) is 105 Å². The molecule has 0 aliphatic carbocycles. The quantitative estimate of drug-likeness (QED) is 0.0288. The molecule has 0 aliphatic heterocycles. The third kappa shape index (κ3) is 25.0. The average Bonchev–Trinajstić information content (AvgIpc) is 3.29. The molecule has 8 nitrogen and oxygen atoms in total. The van der Waals surface area contributed by atoms with Crippen LogP contribution in [0.1, 0.15) is 206 Å². The molecule has 4 unspecified atom stereocenters. The van der Waals surface area contributed by atoms with E-state index in [2.05, 4.69) is 41.5 Å². The van der Waals surface area contributed by atoms with Gasteiger partial charge in [0.25, 0.3) is 0 Å². The molecule has 0 heterocycles. The van der Waals surface area contributed by atoms with Gasteiger partial charge in [-0.15, -0.1) is 0 Å². The molecular formula is C54H84O8Sn. The monoisotopic (exact) mass is 981 g/mol. The van der Waals surface area contributed by atoms with Gasteiger partial charge in [0.1, 0.15) is 0 Å². The van der Waals surface area contributed by atoms with E-state index in [0.717, 1.165) is 164 Å². The molecule has 352 valence electrons. The zero-order valence-electron chi connectivity index (χ0n) is 40.1. The summed E-state index contributed by atoms with van der Waals surface area (Å²) in [6, 6.07) is 19.5. The van der Waals surface area contributed by atoms with Crippen LogP contribution in [0.5, 0.6) is 0 Å². The second-order valence-corrected chi connectivity index (χ2v) is 26.6. The zero-order chi connectivity index (χ0) is 46.0. The summed E-state index contributed by atoms with van der Waals surface area (Å²) < 4.78 is 25.7. The summed E-state index contributed by atoms with van der Waals surface area (Å²) in [6.45, 7) is 13.1. The van der Waals surface area contributed by atoms with E-state index < -0.39 is 55.3 Å². The first-order chi connectivity index (χ1) is 30.6. The van der Waals surface area contributed by atoms with Gasteiger partial charge in [-0.05, 0) is 0 Å². The molecule has 0 aromatic heterocycles. The molecular weight excluding hydrogens is 895 g/mol. The second-order valence-electron chi connectivity index (χ2n) is 17.4. The van der Waals surface area contributed by atoms with Crippen LogP contribution < -0.4 is 0 Å². The van der Waals surface area contributed by atoms with Crippen LogP contribution >= 0.6 is 0 Å². The van der Waals surface area contributed by atoms with Crippen molar-refractivity contribution in [1.82, 2.24) is 0 Å². The van der Waals surface area contributed by atoms with Crippen molar-refractivity contribution in [3.05, 3.63) is 96.1 Å². The molecule has 0 amide bonds. The van der Waals surface area contributed by atoms with E-state index in [4.69, 9.17) is 15.6 Å². The zero-order valence-corrected chi connectivity index (χ0v) is 43.0. The fourth-order valence-corrected chi connectivity index (χ4v) is 17.2. The fraction of sp³-hybridized carbons (Fsp3) is 0.630. The average molecular weight is 980 g/mol. The molecule has 0 saturated carbocycles. The fourth-order valence-electron chi connectivity index (χ4n) is 8.17. The molecule has 0 fully saturated rings. The Labute approximate surface area is 387 Å². The van der Waals surface area contributed by atoms with Crippen LogP contribution in [0.15, 0.2) is 85.0 Å². The minimum absolute atomic E-state index is 0.399. The standard InChI is InChI=1S/2C19H26O4.2C8H17.Sn/c2*1-3-5-9-15(4-2)14-17(16-10-7-6-8-11-16)23-19(22)13-12-18(20)21;2*1-3-5-7-8-6-4-2;/h2*6-8,10-13,15,17H,3-5,9,14H2,1-2H3,(H,20,21);2*1,3-8H2,2H3;/q;;;;+2/p-2/b2*13-12-;;;. The van der Waals surface area contributed by atoms with Crippen LogP contribution in [0.25, 0.3) is 0 Å². The van der Waals surface area contributed by atoms with Gasteiger partial charge in [0.15, 0.2) is 0 Å². The van der Waals surface area contributed by atoms with Crippen molar-refractivity contribution in [2.45, 2.75) is 204 Å². The van der Waals surface area contributed by atoms with Gasteiger partial charge in [0, 0.05) is 0 Å². The third-order valence-corrected chi connectivity index (χ3v) is 21.8. The molecule has 0 N–H and O–H groups in total. The van der Waals surface area contributed by atoms with Gasteiger partial charge in [-0.1, -0.05) is 13.8 Å². The number of ether oxygens (including phenoxy) is 2. The summed E-state index contributed by atoms with van der Waals surface area (Å²) in [5.74, 6) is -1.87. The van der Waals surface area contributed by atoms with Gasteiger partial charge in [0.2, 0.25) is 0 Å². The predicted molar refractivity (Wildman–Crippen MR) is 259 cm³/mol. The molecule has 0 aliphatic rings. The van der Waals surface area contributed by atoms with Gasteiger partial charge in [0.05, 0.1) is 0 Å². The minimum atomic E-state index is -4.56. The number of esters is 2. The SMILES string of the molecule is CCCCCCC[CH2][Sn]([CH2]CCCCCCC)([O]C(=O)/C=C\C(=O)OC(CC(CC)CCCC)c1ccccc1)[O]C(=O)/C=C\C(=O)OC(CC(CC)CCCC)c1ccccc1. The normalized spacial score (nSPS) is 13.7. The van der Waals surface area contributed by atoms with Crippen LogP contribution in [0, 0.1) is 11.8 Å². The Morgan fingerprint density at radius 3 is 1.13 bits per heavy atom. The van der Waals surface area contributed by atoms with E-state index in [1.165, 1.54) is 0 Å². The molecule has 0 saturated heterocycles. The molecule has 2 aromatic rings. The van der Waals surface area contributed by atoms with Crippen molar-refractivity contribution in [3.8, 4) is 0 Å². The van der Waals surface area contributed by atoms with Crippen LogP contribution in [0.4, 0.5) is 0 Å². The van der Waals surface area contributed by atoms with Gasteiger partial charge in [-0.25, -0.2) is 0 Å². The van der Waals surface area contributed by atoms with Crippen molar-refractivity contribution in [3.63, 3.8) is 0 Å². The van der Waals surface area contributed by atoms with E-state index >= 15 is 0 Å². The van der Waals surface area contributed by atoms with Crippen LogP contribution in [-0.4, -0.2) is 43.1 Å². The molecule has 0 bridgehead atoms. The molecule has 2 rings (SSSR count). The first-order valence-electron chi connectivity index (χ1n) is 24.9. The van der Waals surface area contributed by atoms with E-state index in [9.17, 15) is 19.2 Å². The first kappa shape index (κ1) is 55.7. The summed E-state index contributed by atoms with van der Waals surface area (Å²) in [7, 11) is 0. The number of carbonyl (C=O) groups is 4. The van der Waals surface area contributed by atoms with E-state index in [0.29, 0.717) is 33.6 Å². The summed E-state index contributed by atoms with van der Waals surface area (Å²) >= 11 is -4.56. The van der Waals surface area contributed by atoms with Crippen LogP contribution in [-0.2, 0) is 34.8 Å². The van der Waals surface area contributed by atoms with Crippen molar-refractivity contribution < 1.29 is 34.8 Å². The van der Waals surface area contributed by atoms with Crippen molar-refractivity contribution in [2.75, 3.05) is 0 Å². The second kappa shape index (κ2) is 34.9. The molecule has 9 heteroatoms. The molecule has 4 atom stereocenters. The van der Waals surface area contributed by atoms with E-state index in [1.807, 2.05) is 60.7 Å². The number of hydrogen-bond acceptors (Lipinski definition) is 8. The van der Waals surface area contributed by atoms with E-state index in [-0.39, 0.29) is 0 Å². The summed E-state index contributed by atoms with van der Waals surface area (Å²) in [4.78, 5) is 54.2. The summed E-state index contributed by atoms with van der Waals surface area (Å²) in [5, 5.41) is 0. The number of benzene rings is 2. The van der Waals surface area contributed by atoms with Gasteiger partial charge in [-0.3, -0.25) is 0 Å². The number of hydrogen-bond donors (Lipinski definition) is 0. The van der Waals surface area contributed by atoms with Crippen molar-refractivity contribution >= 4 is 43.1 Å². The Bertz CT molecular complexity index is 1460. The van der Waals surface area contributed by atoms with Gasteiger partial charge < -0.3 is 0 Å². The number of carbonyl (C=O) groups excluding carboxylic acids is 4. The Morgan fingerprint density at radius 1 is 0.444 bits per heavy atom. The maximum absolute atomic E-state index is 13.7. The summed E-state index contributed by atoms with van der Waals surface area (Å²) in [6.07, 6.45) is 25.9. The van der Waals surface area contributed by atoms with Crippen molar-refractivity contribution in [2.24, 2.45) is 11.8 Å². The van der Waals surface area contributed by atoms with Gasteiger partial charge >= 0.3 is 376 Å². The Balaban J connectivity index is 2.34. The molecule has 0 radical (unpaired) electrons. The molecule has 2 aromatic carbocycles. The maximum atomic E-state index is 13.7. The predicted octanol–water partition coefficient (Wildman–Crippen LogP) is 15.1. The van der Waals surface area contributed by atoms with Crippen molar-refractivity contribution in [1.29, 1.82) is 0 Å². The Hall–Kier alpha value is -3.40. The molecule has 63 heavy (non-hydrogen) atoms. The van der Waals surface area contributed by atoms with E-state index in [1.54, 1.807) is 0 Å². The van der Waals surface area contributed by atoms with Crippen LogP contribution in [0.3, 0.4) is 0 Å². The Morgan fingerprint density at radius 2 is 0.778 bits per heavy atom. The third-order valence-electron chi connectivity index (χ3n) is 12.1. The summed E-state index contributed by atoms with van der Waals surface area (Å²) in [5.41, 5.74) is 1.84. The molecule has 0 spiro atoms. The van der Waals surface area contributed by atoms with Gasteiger partial charge in [-0.2, -0.15) is 0 Å².